The van der Waals surface area contributed by atoms with Crippen molar-refractivity contribution in [3.8, 4) is 0 Å². The van der Waals surface area contributed by atoms with Crippen LogP contribution in [0.3, 0.4) is 0 Å². The maximum absolute atomic E-state index is 12.9. The van der Waals surface area contributed by atoms with Crippen LogP contribution in [0.2, 0.25) is 5.02 Å². The normalized spacial score (nSPS) is 11.5. The number of methoxy groups -OCH3 is 2. The number of carbonyl (C=O) groups is 4. The number of amides is 1. The number of rotatable bonds is 9. The first kappa shape index (κ1) is 24.1. The molecule has 0 aliphatic heterocycles. The molecule has 0 saturated heterocycles. The minimum atomic E-state index is -0.979. The average Bonchev–Trinajstić information content (AvgIpc) is 3.02. The van der Waals surface area contributed by atoms with Gasteiger partial charge in [-0.2, -0.15) is 0 Å². The summed E-state index contributed by atoms with van der Waals surface area (Å²) >= 11 is 5.89. The van der Waals surface area contributed by atoms with Gasteiger partial charge in [0, 0.05) is 29.7 Å². The predicted molar refractivity (Wildman–Crippen MR) is 114 cm³/mol. The zero-order valence-corrected chi connectivity index (χ0v) is 18.6. The second-order valence-corrected chi connectivity index (χ2v) is 7.43. The summed E-state index contributed by atoms with van der Waals surface area (Å²) in [5, 5.41) is 3.12. The van der Waals surface area contributed by atoms with Crippen LogP contribution in [0, 0.1) is 6.92 Å². The van der Waals surface area contributed by atoms with Crippen molar-refractivity contribution in [1.82, 2.24) is 9.88 Å². The summed E-state index contributed by atoms with van der Waals surface area (Å²) in [4.78, 5) is 48.8. The molecule has 1 aromatic carbocycles. The summed E-state index contributed by atoms with van der Waals surface area (Å²) < 4.78 is 10.9. The Balaban J connectivity index is 2.14. The molecular weight excluding hydrogens is 424 g/mol. The van der Waals surface area contributed by atoms with E-state index in [4.69, 9.17) is 16.3 Å². The van der Waals surface area contributed by atoms with Crippen molar-refractivity contribution in [2.45, 2.75) is 32.2 Å². The van der Waals surface area contributed by atoms with E-state index >= 15 is 0 Å². The third kappa shape index (κ3) is 6.18. The lowest BCUT2D eigenvalue weighted by atomic mass is 10.1. The van der Waals surface area contributed by atoms with Gasteiger partial charge in [0.25, 0.3) is 0 Å². The van der Waals surface area contributed by atoms with Crippen molar-refractivity contribution in [3.63, 3.8) is 0 Å². The average molecular weight is 449 g/mol. The molecule has 0 fully saturated rings. The van der Waals surface area contributed by atoms with Crippen LogP contribution in [0.1, 0.15) is 40.2 Å². The molecule has 9 heteroatoms. The Labute approximate surface area is 185 Å². The second kappa shape index (κ2) is 10.8. The molecule has 1 amide bonds. The molecule has 2 rings (SSSR count). The third-order valence-corrected chi connectivity index (χ3v) is 5.12. The highest BCUT2D eigenvalue weighted by Crippen LogP contribution is 2.20. The van der Waals surface area contributed by atoms with E-state index in [0.29, 0.717) is 22.0 Å². The highest BCUT2D eigenvalue weighted by atomic mass is 35.5. The number of nitrogens with zero attached hydrogens (tertiary/aromatic N) is 1. The van der Waals surface area contributed by atoms with Crippen LogP contribution in [-0.2, 0) is 37.3 Å². The molecule has 0 saturated carbocycles. The zero-order chi connectivity index (χ0) is 23.1. The monoisotopic (exact) mass is 448 g/mol. The Morgan fingerprint density at radius 3 is 2.32 bits per heavy atom. The first-order valence-electron chi connectivity index (χ1n) is 9.57. The molecule has 8 nitrogen and oxygen atoms in total. The number of benzene rings is 1. The summed E-state index contributed by atoms with van der Waals surface area (Å²) in [6.45, 7) is 1.79. The van der Waals surface area contributed by atoms with Gasteiger partial charge in [0.1, 0.15) is 6.04 Å². The van der Waals surface area contributed by atoms with Gasteiger partial charge in [-0.15, -0.1) is 0 Å². The van der Waals surface area contributed by atoms with Crippen molar-refractivity contribution in [2.75, 3.05) is 14.2 Å². The molecule has 0 aliphatic carbocycles. The van der Waals surface area contributed by atoms with Gasteiger partial charge in [0.2, 0.25) is 11.7 Å². The van der Waals surface area contributed by atoms with Crippen molar-refractivity contribution >= 4 is 35.2 Å². The standard InChI is InChI=1S/C22H25ClN2O6/c1-13-11-16(25(2)20(13)21(28)14-5-7-15(23)8-6-14)12-18(26)24-17(22(29)31-4)9-10-19(27)30-3/h5-8,11,17H,9-10,12H2,1-4H3,(H,24,26). The highest BCUT2D eigenvalue weighted by molar-refractivity contribution is 6.30. The maximum atomic E-state index is 12.9. The summed E-state index contributed by atoms with van der Waals surface area (Å²) in [5.41, 5.74) is 2.27. The molecule has 0 aliphatic rings. The SMILES string of the molecule is COC(=O)CCC(NC(=O)Cc1cc(C)c(C(=O)c2ccc(Cl)cc2)n1C)C(=O)OC. The smallest absolute Gasteiger partial charge is 0.328 e. The lowest BCUT2D eigenvalue weighted by Crippen LogP contribution is -2.42. The molecular formula is C22H25ClN2O6. The number of esters is 2. The Bertz CT molecular complexity index is 981. The fraction of sp³-hybridized carbons (Fsp3) is 0.364. The van der Waals surface area contributed by atoms with Gasteiger partial charge in [0.05, 0.1) is 26.3 Å². The molecule has 1 N–H and O–H groups in total. The molecule has 1 unspecified atom stereocenters. The Kier molecular flexibility index (Phi) is 8.38. The van der Waals surface area contributed by atoms with Crippen molar-refractivity contribution in [2.24, 2.45) is 7.05 Å². The van der Waals surface area contributed by atoms with Gasteiger partial charge in [-0.3, -0.25) is 14.4 Å². The largest absolute Gasteiger partial charge is 0.469 e. The topological polar surface area (TPSA) is 104 Å². The zero-order valence-electron chi connectivity index (χ0n) is 17.9. The molecule has 1 atom stereocenters. The minimum absolute atomic E-state index is 0.0421. The predicted octanol–water partition coefficient (Wildman–Crippen LogP) is 2.37. The van der Waals surface area contributed by atoms with Gasteiger partial charge >= 0.3 is 11.9 Å². The van der Waals surface area contributed by atoms with Crippen LogP contribution < -0.4 is 5.32 Å². The van der Waals surface area contributed by atoms with Crippen molar-refractivity contribution < 1.29 is 28.7 Å². The molecule has 1 aromatic heterocycles. The van der Waals surface area contributed by atoms with Crippen LogP contribution >= 0.6 is 11.6 Å². The lowest BCUT2D eigenvalue weighted by Gasteiger charge is -2.16. The van der Waals surface area contributed by atoms with Gasteiger partial charge in [-0.25, -0.2) is 4.79 Å². The number of hydrogen-bond donors (Lipinski definition) is 1. The van der Waals surface area contributed by atoms with Gasteiger partial charge in [-0.05, 0) is 49.2 Å². The first-order chi connectivity index (χ1) is 14.7. The van der Waals surface area contributed by atoms with E-state index in [1.807, 2.05) is 0 Å². The Hall–Kier alpha value is -3.13. The van der Waals surface area contributed by atoms with Gasteiger partial charge in [-0.1, -0.05) is 11.6 Å². The minimum Gasteiger partial charge on any atom is -0.469 e. The molecule has 2 aromatic rings. The maximum Gasteiger partial charge on any atom is 0.328 e. The van der Waals surface area contributed by atoms with E-state index in [-0.39, 0.29) is 25.0 Å². The quantitative estimate of drug-likeness (QED) is 0.466. The van der Waals surface area contributed by atoms with Crippen LogP contribution in [0.15, 0.2) is 30.3 Å². The summed E-state index contributed by atoms with van der Waals surface area (Å²) in [5.74, 6) is -1.77. The van der Waals surface area contributed by atoms with E-state index < -0.39 is 23.9 Å². The number of aryl methyl sites for hydroxylation is 1. The summed E-state index contributed by atoms with van der Waals surface area (Å²) in [6, 6.07) is 7.35. The van der Waals surface area contributed by atoms with E-state index in [2.05, 4.69) is 10.1 Å². The number of nitrogens with one attached hydrogen (secondary N) is 1. The van der Waals surface area contributed by atoms with Crippen molar-refractivity contribution in [3.05, 3.63) is 57.9 Å². The second-order valence-electron chi connectivity index (χ2n) is 7.00. The molecule has 31 heavy (non-hydrogen) atoms. The molecule has 0 radical (unpaired) electrons. The Morgan fingerprint density at radius 1 is 1.10 bits per heavy atom. The summed E-state index contributed by atoms with van der Waals surface area (Å²) in [6.07, 6.45) is -0.0476. The number of aromatic nitrogens is 1. The molecule has 166 valence electrons. The van der Waals surface area contributed by atoms with Crippen LogP contribution in [0.5, 0.6) is 0 Å². The number of hydrogen-bond acceptors (Lipinski definition) is 6. The number of halogens is 1. The van der Waals surface area contributed by atoms with Gasteiger partial charge in [0.15, 0.2) is 0 Å². The number of ether oxygens (including phenoxy) is 2. The first-order valence-corrected chi connectivity index (χ1v) is 9.95. The lowest BCUT2D eigenvalue weighted by molar-refractivity contribution is -0.146. The fourth-order valence-corrected chi connectivity index (χ4v) is 3.35. The highest BCUT2D eigenvalue weighted by Gasteiger charge is 2.24. The number of ketones is 1. The summed E-state index contributed by atoms with van der Waals surface area (Å²) in [7, 11) is 4.15. The molecule has 0 spiro atoms. The van der Waals surface area contributed by atoms with Crippen LogP contribution in [0.4, 0.5) is 0 Å². The van der Waals surface area contributed by atoms with E-state index in [1.54, 1.807) is 48.9 Å². The Morgan fingerprint density at radius 2 is 1.74 bits per heavy atom. The van der Waals surface area contributed by atoms with E-state index in [0.717, 1.165) is 5.56 Å². The van der Waals surface area contributed by atoms with Gasteiger partial charge < -0.3 is 19.4 Å². The molecule has 1 heterocycles. The van der Waals surface area contributed by atoms with Crippen LogP contribution in [-0.4, -0.2) is 48.5 Å². The van der Waals surface area contributed by atoms with Crippen molar-refractivity contribution in [1.29, 1.82) is 0 Å². The third-order valence-electron chi connectivity index (χ3n) is 4.87. The number of carbonyl (C=O) groups excluding carboxylic acids is 4. The fourth-order valence-electron chi connectivity index (χ4n) is 3.23. The van der Waals surface area contributed by atoms with E-state index in [1.165, 1.54) is 14.2 Å². The van der Waals surface area contributed by atoms with Crippen LogP contribution in [0.25, 0.3) is 0 Å². The van der Waals surface area contributed by atoms with E-state index in [9.17, 15) is 19.2 Å². The molecule has 0 bridgehead atoms.